The molecule has 0 radical (unpaired) electrons. The van der Waals surface area contributed by atoms with Gasteiger partial charge in [0.05, 0.1) is 17.2 Å². The number of benzene rings is 4. The highest BCUT2D eigenvalue weighted by atomic mass is 32.2. The van der Waals surface area contributed by atoms with Crippen molar-refractivity contribution in [3.8, 4) is 5.75 Å². The van der Waals surface area contributed by atoms with E-state index in [1.165, 1.54) is 17.0 Å². The number of anilines is 1. The van der Waals surface area contributed by atoms with Crippen molar-refractivity contribution in [1.82, 2.24) is 10.2 Å². The predicted molar refractivity (Wildman–Crippen MR) is 182 cm³/mol. The van der Waals surface area contributed by atoms with Crippen molar-refractivity contribution in [3.05, 3.63) is 126 Å². The maximum Gasteiger partial charge on any atom is 0.264 e. The molecule has 0 aliphatic heterocycles. The van der Waals surface area contributed by atoms with Gasteiger partial charge in [-0.05, 0) is 67.8 Å². The van der Waals surface area contributed by atoms with Crippen LogP contribution in [0.3, 0.4) is 0 Å². The van der Waals surface area contributed by atoms with Crippen molar-refractivity contribution in [2.75, 3.05) is 24.0 Å². The van der Waals surface area contributed by atoms with Crippen LogP contribution in [0.1, 0.15) is 43.4 Å². The average Bonchev–Trinajstić information content (AvgIpc) is 3.06. The lowest BCUT2D eigenvalue weighted by Gasteiger charge is -2.34. The van der Waals surface area contributed by atoms with Crippen LogP contribution >= 0.6 is 0 Å². The molecule has 1 atom stereocenters. The van der Waals surface area contributed by atoms with Gasteiger partial charge in [-0.15, -0.1) is 0 Å². The molecule has 0 fully saturated rings. The quantitative estimate of drug-likeness (QED) is 0.148. The summed E-state index contributed by atoms with van der Waals surface area (Å²) in [5, 5.41) is 3.02. The number of nitrogens with one attached hydrogen (secondary N) is 1. The summed E-state index contributed by atoms with van der Waals surface area (Å²) in [6.45, 7) is 6.42. The Kier molecular flexibility index (Phi) is 12.4. The molecule has 1 N–H and O–H groups in total. The SMILES string of the molecule is CCCCNC(=O)[C@H](Cc1ccccc1)N(Cc1cccc(C)c1)C(=O)CN(c1ccccc1)S(=O)(=O)c1ccc(OCC)cc1. The monoisotopic (exact) mass is 641 g/mol. The Hall–Kier alpha value is -4.63. The average molecular weight is 642 g/mol. The second kappa shape index (κ2) is 16.6. The van der Waals surface area contributed by atoms with Crippen molar-refractivity contribution in [3.63, 3.8) is 0 Å². The van der Waals surface area contributed by atoms with E-state index in [2.05, 4.69) is 5.32 Å². The zero-order valence-electron chi connectivity index (χ0n) is 26.8. The first-order chi connectivity index (χ1) is 22.2. The van der Waals surface area contributed by atoms with Crippen LogP contribution in [0.25, 0.3) is 0 Å². The number of unbranched alkanes of at least 4 members (excludes halogenated alkanes) is 1. The van der Waals surface area contributed by atoms with Crippen LogP contribution in [0.15, 0.2) is 114 Å². The number of aryl methyl sites for hydroxylation is 1. The van der Waals surface area contributed by atoms with Gasteiger partial charge in [0.15, 0.2) is 0 Å². The highest BCUT2D eigenvalue weighted by Gasteiger charge is 2.34. The number of rotatable bonds is 16. The lowest BCUT2D eigenvalue weighted by Crippen LogP contribution is -2.53. The summed E-state index contributed by atoms with van der Waals surface area (Å²) >= 11 is 0. The molecule has 4 aromatic carbocycles. The van der Waals surface area contributed by atoms with Crippen molar-refractivity contribution < 1.29 is 22.7 Å². The van der Waals surface area contributed by atoms with Crippen molar-refractivity contribution >= 4 is 27.5 Å². The van der Waals surface area contributed by atoms with Crippen LogP contribution in [0.4, 0.5) is 5.69 Å². The number of amides is 2. The largest absolute Gasteiger partial charge is 0.494 e. The van der Waals surface area contributed by atoms with Gasteiger partial charge in [-0.3, -0.25) is 13.9 Å². The smallest absolute Gasteiger partial charge is 0.264 e. The van der Waals surface area contributed by atoms with E-state index in [9.17, 15) is 18.0 Å². The van der Waals surface area contributed by atoms with Crippen molar-refractivity contribution in [1.29, 1.82) is 0 Å². The van der Waals surface area contributed by atoms with Crippen LogP contribution in [0.2, 0.25) is 0 Å². The van der Waals surface area contributed by atoms with Crippen LogP contribution in [-0.2, 0) is 32.6 Å². The Balaban J connectivity index is 1.76. The van der Waals surface area contributed by atoms with E-state index in [0.717, 1.165) is 33.8 Å². The molecule has 0 aliphatic carbocycles. The van der Waals surface area contributed by atoms with Gasteiger partial charge in [0, 0.05) is 19.5 Å². The van der Waals surface area contributed by atoms with Gasteiger partial charge in [-0.2, -0.15) is 0 Å². The Morgan fingerprint density at radius 2 is 1.48 bits per heavy atom. The molecule has 242 valence electrons. The minimum absolute atomic E-state index is 0.0241. The number of nitrogens with zero attached hydrogens (tertiary/aromatic N) is 2. The molecular formula is C37H43N3O5S. The van der Waals surface area contributed by atoms with Crippen molar-refractivity contribution in [2.24, 2.45) is 0 Å². The number of carbonyl (C=O) groups is 2. The van der Waals surface area contributed by atoms with E-state index in [4.69, 9.17) is 4.74 Å². The number of hydrogen-bond acceptors (Lipinski definition) is 5. The van der Waals surface area contributed by atoms with E-state index in [1.807, 2.05) is 75.4 Å². The van der Waals surface area contributed by atoms with Gasteiger partial charge in [-0.1, -0.05) is 91.7 Å². The number of hydrogen-bond donors (Lipinski definition) is 1. The standard InChI is InChI=1S/C37H43N3O5S/c1-4-6-24-38-37(42)35(26-30-15-9-7-10-16-30)39(27-31-17-13-14-29(3)25-31)36(41)28-40(32-18-11-8-12-19-32)46(43,44)34-22-20-33(21-23-34)45-5-2/h7-23,25,35H,4-6,24,26-28H2,1-3H3,(H,38,42)/t35-/m0/s1. The lowest BCUT2D eigenvalue weighted by molar-refractivity contribution is -0.140. The summed E-state index contributed by atoms with van der Waals surface area (Å²) in [6, 6.07) is 31.1. The maximum absolute atomic E-state index is 14.5. The Bertz CT molecular complexity index is 1660. The van der Waals surface area contributed by atoms with E-state index in [-0.39, 0.29) is 23.8 Å². The topological polar surface area (TPSA) is 96.0 Å². The first kappa shape index (κ1) is 34.2. The predicted octanol–water partition coefficient (Wildman–Crippen LogP) is 6.15. The molecule has 9 heteroatoms. The molecule has 4 aromatic rings. The third-order valence-corrected chi connectivity index (χ3v) is 9.37. The lowest BCUT2D eigenvalue weighted by atomic mass is 10.0. The van der Waals surface area contributed by atoms with Gasteiger partial charge in [0.25, 0.3) is 10.0 Å². The third-order valence-electron chi connectivity index (χ3n) is 7.58. The summed E-state index contributed by atoms with van der Waals surface area (Å²) in [6.07, 6.45) is 1.98. The fourth-order valence-electron chi connectivity index (χ4n) is 5.19. The molecule has 0 heterocycles. The van der Waals surface area contributed by atoms with Crippen LogP contribution < -0.4 is 14.4 Å². The molecule has 2 amide bonds. The molecule has 0 spiro atoms. The zero-order valence-corrected chi connectivity index (χ0v) is 27.6. The van der Waals surface area contributed by atoms with Gasteiger partial charge < -0.3 is 15.0 Å². The van der Waals surface area contributed by atoms with Gasteiger partial charge >= 0.3 is 0 Å². The van der Waals surface area contributed by atoms with Gasteiger partial charge in [0.2, 0.25) is 11.8 Å². The second-order valence-electron chi connectivity index (χ2n) is 11.1. The summed E-state index contributed by atoms with van der Waals surface area (Å²) in [5.41, 5.74) is 3.09. The van der Waals surface area contributed by atoms with E-state index >= 15 is 0 Å². The molecule has 0 unspecified atom stereocenters. The normalized spacial score (nSPS) is 11.8. The number of ether oxygens (including phenoxy) is 1. The Labute approximate surface area is 273 Å². The van der Waals surface area contributed by atoms with Crippen molar-refractivity contribution in [2.45, 2.75) is 57.5 Å². The molecule has 46 heavy (non-hydrogen) atoms. The molecule has 0 saturated heterocycles. The third kappa shape index (κ3) is 9.20. The second-order valence-corrected chi connectivity index (χ2v) is 13.0. The highest BCUT2D eigenvalue weighted by Crippen LogP contribution is 2.26. The highest BCUT2D eigenvalue weighted by molar-refractivity contribution is 7.92. The van der Waals surface area contributed by atoms with Crippen LogP contribution in [0, 0.1) is 6.92 Å². The first-order valence-corrected chi connectivity index (χ1v) is 17.1. The molecule has 4 rings (SSSR count). The Morgan fingerprint density at radius 1 is 0.826 bits per heavy atom. The fraction of sp³-hybridized carbons (Fsp3) is 0.297. The summed E-state index contributed by atoms with van der Waals surface area (Å²) in [4.78, 5) is 29.9. The summed E-state index contributed by atoms with van der Waals surface area (Å²) < 4.78 is 35.0. The Morgan fingerprint density at radius 3 is 2.11 bits per heavy atom. The molecule has 0 bridgehead atoms. The minimum Gasteiger partial charge on any atom is -0.494 e. The minimum atomic E-state index is -4.19. The van der Waals surface area contributed by atoms with Crippen LogP contribution in [-0.4, -0.2) is 50.9 Å². The molecule has 0 saturated carbocycles. The summed E-state index contributed by atoms with van der Waals surface area (Å²) in [7, 11) is -4.19. The summed E-state index contributed by atoms with van der Waals surface area (Å²) in [5.74, 6) is -0.226. The maximum atomic E-state index is 14.5. The molecular weight excluding hydrogens is 598 g/mol. The molecule has 8 nitrogen and oxygen atoms in total. The van der Waals surface area contributed by atoms with E-state index < -0.39 is 28.5 Å². The first-order valence-electron chi connectivity index (χ1n) is 15.7. The zero-order chi connectivity index (χ0) is 32.9. The van der Waals surface area contributed by atoms with Gasteiger partial charge in [0.1, 0.15) is 18.3 Å². The van der Waals surface area contributed by atoms with Crippen LogP contribution in [0.5, 0.6) is 5.75 Å². The fourth-order valence-corrected chi connectivity index (χ4v) is 6.61. The van der Waals surface area contributed by atoms with Gasteiger partial charge in [-0.25, -0.2) is 8.42 Å². The number of carbonyl (C=O) groups excluding carboxylic acids is 2. The molecule has 0 aromatic heterocycles. The van der Waals surface area contributed by atoms with E-state index in [1.54, 1.807) is 42.5 Å². The number of para-hydroxylation sites is 1. The van der Waals surface area contributed by atoms with E-state index in [0.29, 0.717) is 24.6 Å². The molecule has 0 aliphatic rings. The number of sulfonamides is 1.